The molecule has 2 aliphatic rings. The molecule has 0 amide bonds. The lowest BCUT2D eigenvalue weighted by molar-refractivity contribution is -0.193. The summed E-state index contributed by atoms with van der Waals surface area (Å²) in [5, 5.41) is 14.2. The zero-order chi connectivity index (χ0) is 27.7. The molecule has 36 heavy (non-hydrogen) atoms. The number of nitrogens with zero attached hydrogens (tertiary/aromatic N) is 2. The van der Waals surface area contributed by atoms with Crippen molar-refractivity contribution >= 4 is 11.9 Å². The van der Waals surface area contributed by atoms with Crippen molar-refractivity contribution in [2.45, 2.75) is 37.8 Å². The van der Waals surface area contributed by atoms with E-state index < -0.39 is 24.3 Å². The lowest BCUT2D eigenvalue weighted by atomic mass is 9.94. The fraction of sp³-hybridized carbons (Fsp3) is 0.714. The number of aryl methyl sites for hydroxylation is 1. The summed E-state index contributed by atoms with van der Waals surface area (Å²) in [7, 11) is 4.25. The molecule has 15 heteroatoms. The zero-order valence-corrected chi connectivity index (χ0v) is 20.0. The fourth-order valence-electron chi connectivity index (χ4n) is 3.69. The van der Waals surface area contributed by atoms with Gasteiger partial charge < -0.3 is 29.0 Å². The standard InChI is InChI=1S/C17H28N2O3.2C2HF3O2/c1-14-4-5-16(22-14)10-19-6-7-20-13-17(12-19)8-15(11-21-17)9-18(2)3;2*3-2(4,5)1(6)7/h4-5,15H,6-13H2,1-3H3;2*(H,6,7). The fourth-order valence-corrected chi connectivity index (χ4v) is 3.69. The molecule has 3 heterocycles. The quantitative estimate of drug-likeness (QED) is 0.561. The maximum atomic E-state index is 10.6. The van der Waals surface area contributed by atoms with Crippen LogP contribution in [-0.2, 0) is 25.6 Å². The van der Waals surface area contributed by atoms with Crippen molar-refractivity contribution in [3.63, 3.8) is 0 Å². The van der Waals surface area contributed by atoms with E-state index >= 15 is 0 Å². The number of carboxylic acids is 2. The number of aliphatic carboxylic acids is 2. The summed E-state index contributed by atoms with van der Waals surface area (Å²) in [5.41, 5.74) is -0.140. The first-order valence-corrected chi connectivity index (χ1v) is 10.7. The number of carbonyl (C=O) groups is 2. The van der Waals surface area contributed by atoms with Crippen molar-refractivity contribution in [1.82, 2.24) is 9.80 Å². The molecule has 9 nitrogen and oxygen atoms in total. The lowest BCUT2D eigenvalue weighted by Crippen LogP contribution is -2.44. The smallest absolute Gasteiger partial charge is 0.475 e. The summed E-state index contributed by atoms with van der Waals surface area (Å²) < 4.78 is 81.3. The number of furan rings is 1. The molecule has 2 unspecified atom stereocenters. The van der Waals surface area contributed by atoms with Crippen LogP contribution in [0.3, 0.4) is 0 Å². The predicted molar refractivity (Wildman–Crippen MR) is 112 cm³/mol. The Labute approximate surface area is 203 Å². The number of carboxylic acid groups (broad SMARTS) is 2. The van der Waals surface area contributed by atoms with Gasteiger partial charge in [-0.1, -0.05) is 0 Å². The van der Waals surface area contributed by atoms with Crippen molar-refractivity contribution in [3.05, 3.63) is 23.7 Å². The first-order valence-electron chi connectivity index (χ1n) is 10.7. The molecule has 0 bridgehead atoms. The van der Waals surface area contributed by atoms with E-state index in [0.29, 0.717) is 12.5 Å². The van der Waals surface area contributed by atoms with Gasteiger partial charge in [0.15, 0.2) is 0 Å². The summed E-state index contributed by atoms with van der Waals surface area (Å²) in [6, 6.07) is 4.09. The van der Waals surface area contributed by atoms with Crippen molar-refractivity contribution in [2.75, 3.05) is 53.6 Å². The molecule has 208 valence electrons. The number of rotatable bonds is 4. The molecule has 0 radical (unpaired) electrons. The summed E-state index contributed by atoms with van der Waals surface area (Å²) in [6.45, 7) is 8.09. The van der Waals surface area contributed by atoms with Crippen molar-refractivity contribution in [3.8, 4) is 0 Å². The van der Waals surface area contributed by atoms with Crippen LogP contribution in [0.15, 0.2) is 16.5 Å². The van der Waals surface area contributed by atoms with Gasteiger partial charge in [0.2, 0.25) is 0 Å². The molecule has 0 saturated carbocycles. The predicted octanol–water partition coefficient (Wildman–Crippen LogP) is 3.02. The van der Waals surface area contributed by atoms with Gasteiger partial charge in [-0.25, -0.2) is 9.59 Å². The highest BCUT2D eigenvalue weighted by atomic mass is 19.4. The highest BCUT2D eigenvalue weighted by molar-refractivity contribution is 5.73. The Bertz CT molecular complexity index is 819. The average molecular weight is 536 g/mol. The van der Waals surface area contributed by atoms with Gasteiger partial charge in [0.1, 0.15) is 17.1 Å². The van der Waals surface area contributed by atoms with Crippen LogP contribution in [0.5, 0.6) is 0 Å². The Morgan fingerprint density at radius 2 is 1.67 bits per heavy atom. The van der Waals surface area contributed by atoms with Gasteiger partial charge in [-0.3, -0.25) is 4.90 Å². The van der Waals surface area contributed by atoms with Crippen LogP contribution in [0, 0.1) is 12.8 Å². The molecule has 2 N–H and O–H groups in total. The minimum Gasteiger partial charge on any atom is -0.475 e. The highest BCUT2D eigenvalue weighted by Crippen LogP contribution is 2.33. The number of alkyl halides is 6. The van der Waals surface area contributed by atoms with E-state index in [-0.39, 0.29) is 5.60 Å². The molecule has 1 spiro atoms. The maximum absolute atomic E-state index is 10.6. The van der Waals surface area contributed by atoms with Gasteiger partial charge in [-0.2, -0.15) is 26.3 Å². The Balaban J connectivity index is 0.000000383. The van der Waals surface area contributed by atoms with E-state index in [1.165, 1.54) is 0 Å². The Morgan fingerprint density at radius 3 is 2.11 bits per heavy atom. The molecule has 2 aliphatic heterocycles. The van der Waals surface area contributed by atoms with Crippen LogP contribution in [0.1, 0.15) is 17.9 Å². The van der Waals surface area contributed by atoms with Crippen LogP contribution >= 0.6 is 0 Å². The van der Waals surface area contributed by atoms with Crippen LogP contribution in [0.4, 0.5) is 26.3 Å². The number of halogens is 6. The van der Waals surface area contributed by atoms with E-state index in [4.69, 9.17) is 33.7 Å². The summed E-state index contributed by atoms with van der Waals surface area (Å²) >= 11 is 0. The van der Waals surface area contributed by atoms with Crippen LogP contribution in [0.2, 0.25) is 0 Å². The van der Waals surface area contributed by atoms with Crippen molar-refractivity contribution < 1.29 is 60.0 Å². The SMILES string of the molecule is Cc1ccc(CN2CCOCC3(CC(CN(C)C)CO3)C2)o1.O=C(O)C(F)(F)F.O=C(O)C(F)(F)F. The second-order valence-electron chi connectivity index (χ2n) is 8.71. The van der Waals surface area contributed by atoms with Gasteiger partial charge in [0.25, 0.3) is 0 Å². The van der Waals surface area contributed by atoms with E-state index in [1.54, 1.807) is 0 Å². The van der Waals surface area contributed by atoms with E-state index in [0.717, 1.165) is 57.3 Å². The van der Waals surface area contributed by atoms with Crippen molar-refractivity contribution in [2.24, 2.45) is 5.92 Å². The minimum atomic E-state index is -5.08. The van der Waals surface area contributed by atoms with Crippen LogP contribution in [-0.4, -0.2) is 103 Å². The normalized spacial score (nSPS) is 22.9. The summed E-state index contributed by atoms with van der Waals surface area (Å²) in [5.74, 6) is -2.92. The molecule has 0 aromatic carbocycles. The second-order valence-corrected chi connectivity index (χ2v) is 8.71. The third-order valence-electron chi connectivity index (χ3n) is 5.00. The molecule has 1 aromatic rings. The molecule has 2 saturated heterocycles. The van der Waals surface area contributed by atoms with Crippen LogP contribution in [0.25, 0.3) is 0 Å². The molecule has 2 fully saturated rings. The molecule has 3 rings (SSSR count). The number of ether oxygens (including phenoxy) is 2. The van der Waals surface area contributed by atoms with Gasteiger partial charge in [0, 0.05) is 19.6 Å². The maximum Gasteiger partial charge on any atom is 0.490 e. The van der Waals surface area contributed by atoms with Gasteiger partial charge in [-0.15, -0.1) is 0 Å². The van der Waals surface area contributed by atoms with Crippen LogP contribution < -0.4 is 0 Å². The van der Waals surface area contributed by atoms with Gasteiger partial charge >= 0.3 is 24.3 Å². The summed E-state index contributed by atoms with van der Waals surface area (Å²) in [4.78, 5) is 22.4. The Morgan fingerprint density at radius 1 is 1.11 bits per heavy atom. The monoisotopic (exact) mass is 536 g/mol. The third kappa shape index (κ3) is 11.6. The van der Waals surface area contributed by atoms with E-state index in [1.807, 2.05) is 13.0 Å². The molecule has 2 atom stereocenters. The van der Waals surface area contributed by atoms with Crippen molar-refractivity contribution in [1.29, 1.82) is 0 Å². The molecule has 1 aromatic heterocycles. The molecular formula is C21H30F6N2O7. The lowest BCUT2D eigenvalue weighted by Gasteiger charge is -2.30. The van der Waals surface area contributed by atoms with E-state index in [9.17, 15) is 26.3 Å². The van der Waals surface area contributed by atoms with Gasteiger partial charge in [0.05, 0.1) is 26.4 Å². The molecule has 0 aliphatic carbocycles. The zero-order valence-electron chi connectivity index (χ0n) is 20.0. The highest BCUT2D eigenvalue weighted by Gasteiger charge is 2.43. The topological polar surface area (TPSA) is 113 Å². The number of hydrogen-bond donors (Lipinski definition) is 2. The first kappa shape index (κ1) is 31.7. The third-order valence-corrected chi connectivity index (χ3v) is 5.00. The Hall–Kier alpha value is -2.36. The van der Waals surface area contributed by atoms with E-state index in [2.05, 4.69) is 30.0 Å². The van der Waals surface area contributed by atoms with Gasteiger partial charge in [-0.05, 0) is 45.5 Å². The Kier molecular flexibility index (Phi) is 11.7. The first-order chi connectivity index (χ1) is 16.4. The number of hydrogen-bond acceptors (Lipinski definition) is 7. The largest absolute Gasteiger partial charge is 0.490 e. The average Bonchev–Trinajstić information content (AvgIpc) is 3.23. The summed E-state index contributed by atoms with van der Waals surface area (Å²) in [6.07, 6.45) is -9.08. The minimum absolute atomic E-state index is 0.140. The second kappa shape index (κ2) is 13.3. The molecular weight excluding hydrogens is 506 g/mol.